The lowest BCUT2D eigenvalue weighted by molar-refractivity contribution is 0.0692. The van der Waals surface area contributed by atoms with E-state index >= 15 is 0 Å². The third kappa shape index (κ3) is 1.93. The minimum Gasteiger partial charge on any atom is -0.478 e. The number of aromatic carboxylic acids is 1. The van der Waals surface area contributed by atoms with Gasteiger partial charge in [-0.1, -0.05) is 0 Å². The zero-order valence-corrected chi connectivity index (χ0v) is 8.88. The van der Waals surface area contributed by atoms with E-state index in [1.807, 2.05) is 6.92 Å². The summed E-state index contributed by atoms with van der Waals surface area (Å²) < 4.78 is 13.4. The predicted octanol–water partition coefficient (Wildman–Crippen LogP) is 2.07. The SMILES string of the molecule is CC1(Nc2cc(F)c(C(=O)O)cc2N)CC1. The molecule has 16 heavy (non-hydrogen) atoms. The van der Waals surface area contributed by atoms with Crippen LogP contribution in [0.3, 0.4) is 0 Å². The number of nitrogens with two attached hydrogens (primary N) is 1. The molecule has 0 heterocycles. The fourth-order valence-electron chi connectivity index (χ4n) is 1.50. The minimum atomic E-state index is -1.31. The molecule has 0 radical (unpaired) electrons. The third-order valence-corrected chi connectivity index (χ3v) is 2.81. The van der Waals surface area contributed by atoms with E-state index in [2.05, 4.69) is 5.32 Å². The Morgan fingerprint density at radius 1 is 1.56 bits per heavy atom. The van der Waals surface area contributed by atoms with Crippen LogP contribution in [0.2, 0.25) is 0 Å². The van der Waals surface area contributed by atoms with E-state index in [9.17, 15) is 9.18 Å². The molecule has 86 valence electrons. The summed E-state index contributed by atoms with van der Waals surface area (Å²) in [6.45, 7) is 2.01. The second kappa shape index (κ2) is 3.37. The Bertz CT molecular complexity index is 456. The van der Waals surface area contributed by atoms with Crippen LogP contribution in [-0.4, -0.2) is 16.6 Å². The van der Waals surface area contributed by atoms with Crippen molar-refractivity contribution in [2.75, 3.05) is 11.1 Å². The molecule has 4 nitrogen and oxygen atoms in total. The van der Waals surface area contributed by atoms with Crippen molar-refractivity contribution >= 4 is 17.3 Å². The van der Waals surface area contributed by atoms with E-state index in [1.54, 1.807) is 0 Å². The summed E-state index contributed by atoms with van der Waals surface area (Å²) in [5, 5.41) is 11.8. The normalized spacial score (nSPS) is 16.9. The van der Waals surface area contributed by atoms with Crippen molar-refractivity contribution in [2.24, 2.45) is 0 Å². The van der Waals surface area contributed by atoms with Gasteiger partial charge >= 0.3 is 5.97 Å². The molecule has 0 saturated heterocycles. The number of nitrogens with one attached hydrogen (secondary N) is 1. The smallest absolute Gasteiger partial charge is 0.338 e. The fraction of sp³-hybridized carbons (Fsp3) is 0.364. The summed E-state index contributed by atoms with van der Waals surface area (Å²) in [6, 6.07) is 2.29. The quantitative estimate of drug-likeness (QED) is 0.687. The van der Waals surface area contributed by atoms with Gasteiger partial charge < -0.3 is 16.2 Å². The molecule has 1 aliphatic rings. The van der Waals surface area contributed by atoms with Crippen molar-refractivity contribution in [1.82, 2.24) is 0 Å². The zero-order valence-electron chi connectivity index (χ0n) is 8.88. The fourth-order valence-corrected chi connectivity index (χ4v) is 1.50. The van der Waals surface area contributed by atoms with Gasteiger partial charge in [-0.05, 0) is 31.9 Å². The van der Waals surface area contributed by atoms with Crippen LogP contribution in [0.4, 0.5) is 15.8 Å². The van der Waals surface area contributed by atoms with Crippen LogP contribution in [0.15, 0.2) is 12.1 Å². The number of halogens is 1. The lowest BCUT2D eigenvalue weighted by Crippen LogP contribution is -2.17. The van der Waals surface area contributed by atoms with Crippen LogP contribution in [-0.2, 0) is 0 Å². The van der Waals surface area contributed by atoms with Crippen molar-refractivity contribution in [3.8, 4) is 0 Å². The zero-order chi connectivity index (χ0) is 11.9. The molecule has 5 heteroatoms. The summed E-state index contributed by atoms with van der Waals surface area (Å²) >= 11 is 0. The van der Waals surface area contributed by atoms with Crippen LogP contribution >= 0.6 is 0 Å². The molecule has 0 atom stereocenters. The van der Waals surface area contributed by atoms with Crippen LogP contribution in [0.5, 0.6) is 0 Å². The molecular weight excluding hydrogens is 211 g/mol. The summed E-state index contributed by atoms with van der Waals surface area (Å²) in [5.74, 6) is -2.08. The van der Waals surface area contributed by atoms with Gasteiger partial charge in [0.15, 0.2) is 0 Å². The van der Waals surface area contributed by atoms with Gasteiger partial charge in [-0.15, -0.1) is 0 Å². The van der Waals surface area contributed by atoms with Gasteiger partial charge in [-0.25, -0.2) is 9.18 Å². The summed E-state index contributed by atoms with van der Waals surface area (Å²) in [5.41, 5.74) is 5.97. The van der Waals surface area contributed by atoms with Crippen molar-refractivity contribution in [2.45, 2.75) is 25.3 Å². The lowest BCUT2D eigenvalue weighted by Gasteiger charge is -2.15. The van der Waals surface area contributed by atoms with Gasteiger partial charge in [0, 0.05) is 5.54 Å². The predicted molar refractivity (Wildman–Crippen MR) is 59.0 cm³/mol. The molecule has 1 saturated carbocycles. The van der Waals surface area contributed by atoms with E-state index < -0.39 is 17.3 Å². The van der Waals surface area contributed by atoms with Crippen molar-refractivity contribution < 1.29 is 14.3 Å². The summed E-state index contributed by atoms with van der Waals surface area (Å²) in [4.78, 5) is 10.7. The Morgan fingerprint density at radius 2 is 2.19 bits per heavy atom. The number of hydrogen-bond donors (Lipinski definition) is 3. The van der Waals surface area contributed by atoms with Crippen LogP contribution in [0, 0.1) is 5.82 Å². The first-order valence-electron chi connectivity index (χ1n) is 5.02. The second-order valence-corrected chi connectivity index (χ2v) is 4.41. The number of carboxylic acid groups (broad SMARTS) is 1. The highest BCUT2D eigenvalue weighted by molar-refractivity contribution is 5.90. The van der Waals surface area contributed by atoms with E-state index in [0.29, 0.717) is 5.69 Å². The molecular formula is C11H13FN2O2. The number of rotatable bonds is 3. The Balaban J connectivity index is 2.33. The van der Waals surface area contributed by atoms with Gasteiger partial charge in [-0.2, -0.15) is 0 Å². The van der Waals surface area contributed by atoms with Gasteiger partial charge in [-0.3, -0.25) is 0 Å². The Kier molecular flexibility index (Phi) is 2.26. The molecule has 0 aliphatic heterocycles. The third-order valence-electron chi connectivity index (χ3n) is 2.81. The molecule has 2 rings (SSSR count). The maximum Gasteiger partial charge on any atom is 0.338 e. The Labute approximate surface area is 92.3 Å². The molecule has 0 aromatic heterocycles. The first-order chi connectivity index (χ1) is 7.41. The molecule has 0 spiro atoms. The highest BCUT2D eigenvalue weighted by atomic mass is 19.1. The first kappa shape index (κ1) is 10.7. The van der Waals surface area contributed by atoms with Crippen molar-refractivity contribution in [3.63, 3.8) is 0 Å². The molecule has 1 fully saturated rings. The van der Waals surface area contributed by atoms with Gasteiger partial charge in [0.2, 0.25) is 0 Å². The monoisotopic (exact) mass is 224 g/mol. The number of carbonyl (C=O) groups is 1. The summed E-state index contributed by atoms with van der Waals surface area (Å²) in [7, 11) is 0. The molecule has 1 aliphatic carbocycles. The average molecular weight is 224 g/mol. The van der Waals surface area contributed by atoms with Crippen molar-refractivity contribution in [3.05, 3.63) is 23.5 Å². The molecule has 4 N–H and O–H groups in total. The first-order valence-corrected chi connectivity index (χ1v) is 5.02. The second-order valence-electron chi connectivity index (χ2n) is 4.41. The molecule has 0 bridgehead atoms. The number of anilines is 2. The van der Waals surface area contributed by atoms with E-state index in [0.717, 1.165) is 25.0 Å². The van der Waals surface area contributed by atoms with E-state index in [-0.39, 0.29) is 11.2 Å². The standard InChI is InChI=1S/C11H13FN2O2/c1-11(2-3-11)14-9-5-7(12)6(10(15)16)4-8(9)13/h4-5,14H,2-3,13H2,1H3,(H,15,16). The van der Waals surface area contributed by atoms with Gasteiger partial charge in [0.05, 0.1) is 16.9 Å². The topological polar surface area (TPSA) is 75.3 Å². The highest BCUT2D eigenvalue weighted by Crippen LogP contribution is 2.39. The maximum absolute atomic E-state index is 13.4. The molecule has 0 amide bonds. The maximum atomic E-state index is 13.4. The van der Waals surface area contributed by atoms with Crippen LogP contribution in [0.1, 0.15) is 30.1 Å². The molecule has 1 aromatic carbocycles. The van der Waals surface area contributed by atoms with Crippen LogP contribution in [0.25, 0.3) is 0 Å². The lowest BCUT2D eigenvalue weighted by atomic mass is 10.1. The number of carboxylic acids is 1. The largest absolute Gasteiger partial charge is 0.478 e. The van der Waals surface area contributed by atoms with Gasteiger partial charge in [0.25, 0.3) is 0 Å². The molecule has 1 aromatic rings. The highest BCUT2D eigenvalue weighted by Gasteiger charge is 2.37. The minimum absolute atomic E-state index is 0.0225. The number of benzene rings is 1. The van der Waals surface area contributed by atoms with E-state index in [4.69, 9.17) is 10.8 Å². The number of hydrogen-bond acceptors (Lipinski definition) is 3. The Hall–Kier alpha value is -1.78. The van der Waals surface area contributed by atoms with E-state index in [1.165, 1.54) is 0 Å². The average Bonchev–Trinajstić information content (AvgIpc) is 2.89. The number of nitrogen functional groups attached to an aromatic ring is 1. The van der Waals surface area contributed by atoms with Crippen molar-refractivity contribution in [1.29, 1.82) is 0 Å². The molecule has 0 unspecified atom stereocenters. The Morgan fingerprint density at radius 3 is 2.69 bits per heavy atom. The summed E-state index contributed by atoms with van der Waals surface area (Å²) in [6.07, 6.45) is 2.02. The van der Waals surface area contributed by atoms with Crippen LogP contribution < -0.4 is 11.1 Å². The van der Waals surface area contributed by atoms with Gasteiger partial charge in [0.1, 0.15) is 5.82 Å².